The van der Waals surface area contributed by atoms with Gasteiger partial charge in [-0.3, -0.25) is 0 Å². The Balaban J connectivity index is 2.12. The molecule has 0 aliphatic carbocycles. The summed E-state index contributed by atoms with van der Waals surface area (Å²) in [4.78, 5) is 0. The molecule has 2 N–H and O–H groups in total. The maximum absolute atomic E-state index is 6.08. The van der Waals surface area contributed by atoms with Gasteiger partial charge in [0.05, 0.1) is 5.69 Å². The van der Waals surface area contributed by atoms with Gasteiger partial charge in [-0.25, -0.2) is 0 Å². The van der Waals surface area contributed by atoms with E-state index in [9.17, 15) is 0 Å². The van der Waals surface area contributed by atoms with Crippen molar-refractivity contribution in [1.29, 1.82) is 0 Å². The molecule has 4 heteroatoms. The van der Waals surface area contributed by atoms with Gasteiger partial charge in [0.15, 0.2) is 0 Å². The summed E-state index contributed by atoms with van der Waals surface area (Å²) in [7, 11) is 0. The Morgan fingerprint density at radius 2 is 1.89 bits per heavy atom. The van der Waals surface area contributed by atoms with Gasteiger partial charge in [0.2, 0.25) is 0 Å². The van der Waals surface area contributed by atoms with Crippen LogP contribution in [0.4, 0.5) is 5.69 Å². The van der Waals surface area contributed by atoms with E-state index in [1.165, 1.54) is 5.56 Å². The lowest BCUT2D eigenvalue weighted by molar-refractivity contribution is 0.308. The minimum atomic E-state index is 0.342. The molecule has 0 fully saturated rings. The number of anilines is 1. The zero-order chi connectivity index (χ0) is 13.8. The van der Waals surface area contributed by atoms with Crippen LogP contribution in [0.25, 0.3) is 0 Å². The van der Waals surface area contributed by atoms with Crippen molar-refractivity contribution in [2.45, 2.75) is 20.0 Å². The summed E-state index contributed by atoms with van der Waals surface area (Å²) in [5.74, 6) is 0.660. The van der Waals surface area contributed by atoms with Gasteiger partial charge in [-0.1, -0.05) is 36.2 Å². The third-order valence-electron chi connectivity index (χ3n) is 2.87. The zero-order valence-corrected chi connectivity index (χ0v) is 12.1. The lowest BCUT2D eigenvalue weighted by Crippen LogP contribution is -2.00. The fourth-order valence-corrected chi connectivity index (χ4v) is 2.13. The number of hydrogen-bond donors (Lipinski definition) is 1. The average molecular weight is 296 g/mol. The summed E-state index contributed by atoms with van der Waals surface area (Å²) in [6.45, 7) is 2.43. The second-order valence-electron chi connectivity index (χ2n) is 4.25. The van der Waals surface area contributed by atoms with Gasteiger partial charge in [0, 0.05) is 15.6 Å². The lowest BCUT2D eigenvalue weighted by Gasteiger charge is -2.11. The van der Waals surface area contributed by atoms with Crippen molar-refractivity contribution in [3.05, 3.63) is 57.6 Å². The van der Waals surface area contributed by atoms with Gasteiger partial charge in [0.1, 0.15) is 12.4 Å². The number of nitrogen functional groups attached to an aromatic ring is 1. The molecule has 0 aliphatic rings. The molecular weight excluding hydrogens is 281 g/mol. The zero-order valence-electron chi connectivity index (χ0n) is 10.6. The highest BCUT2D eigenvalue weighted by Gasteiger charge is 2.05. The molecule has 0 bridgehead atoms. The maximum Gasteiger partial charge on any atom is 0.142 e. The Morgan fingerprint density at radius 1 is 1.11 bits per heavy atom. The van der Waals surface area contributed by atoms with Gasteiger partial charge in [0.25, 0.3) is 0 Å². The normalized spacial score (nSPS) is 10.5. The number of benzene rings is 2. The number of hydrogen-bond acceptors (Lipinski definition) is 2. The standard InChI is InChI=1S/C15H15Cl2NO/c1-2-10-3-6-15(14(18)7-10)19-9-11-8-12(16)4-5-13(11)17/h3-8H,2,9,18H2,1H3. The van der Waals surface area contributed by atoms with Crippen LogP contribution in [0.1, 0.15) is 18.1 Å². The van der Waals surface area contributed by atoms with Crippen LogP contribution in [0.15, 0.2) is 36.4 Å². The largest absolute Gasteiger partial charge is 0.487 e. The van der Waals surface area contributed by atoms with Gasteiger partial charge in [-0.15, -0.1) is 0 Å². The van der Waals surface area contributed by atoms with Gasteiger partial charge in [-0.05, 0) is 42.3 Å². The van der Waals surface area contributed by atoms with Crippen molar-refractivity contribution >= 4 is 28.9 Å². The van der Waals surface area contributed by atoms with E-state index >= 15 is 0 Å². The Kier molecular flexibility index (Phi) is 4.56. The first kappa shape index (κ1) is 14.0. The van der Waals surface area contributed by atoms with E-state index in [0.29, 0.717) is 28.1 Å². The molecule has 100 valence electrons. The van der Waals surface area contributed by atoms with Crippen LogP contribution < -0.4 is 10.5 Å². The number of ether oxygens (including phenoxy) is 1. The van der Waals surface area contributed by atoms with E-state index in [1.54, 1.807) is 18.2 Å². The topological polar surface area (TPSA) is 35.2 Å². The van der Waals surface area contributed by atoms with Crippen molar-refractivity contribution in [2.75, 3.05) is 5.73 Å². The van der Waals surface area contributed by atoms with Crippen LogP contribution in [0.5, 0.6) is 5.75 Å². The molecule has 2 nitrogen and oxygen atoms in total. The van der Waals surface area contributed by atoms with Gasteiger partial charge < -0.3 is 10.5 Å². The Hall–Kier alpha value is -1.38. The highest BCUT2D eigenvalue weighted by atomic mass is 35.5. The van der Waals surface area contributed by atoms with Crippen LogP contribution in [-0.4, -0.2) is 0 Å². The summed E-state index contributed by atoms with van der Waals surface area (Å²) in [5.41, 5.74) is 8.61. The Morgan fingerprint density at radius 3 is 2.58 bits per heavy atom. The third-order valence-corrected chi connectivity index (χ3v) is 3.48. The number of nitrogens with two attached hydrogens (primary N) is 1. The minimum absolute atomic E-state index is 0.342. The lowest BCUT2D eigenvalue weighted by atomic mass is 10.1. The smallest absolute Gasteiger partial charge is 0.142 e. The van der Waals surface area contributed by atoms with Crippen LogP contribution in [0.3, 0.4) is 0 Å². The number of halogens is 2. The minimum Gasteiger partial charge on any atom is -0.487 e. The van der Waals surface area contributed by atoms with E-state index in [1.807, 2.05) is 18.2 Å². The van der Waals surface area contributed by atoms with Crippen LogP contribution in [0, 0.1) is 0 Å². The Labute approximate surface area is 123 Å². The summed E-state index contributed by atoms with van der Waals surface area (Å²) in [5, 5.41) is 1.27. The monoisotopic (exact) mass is 295 g/mol. The summed E-state index contributed by atoms with van der Waals surface area (Å²) in [6, 6.07) is 11.1. The first-order valence-corrected chi connectivity index (χ1v) is 6.81. The van der Waals surface area contributed by atoms with Crippen molar-refractivity contribution in [1.82, 2.24) is 0 Å². The molecule has 0 saturated heterocycles. The molecule has 0 aromatic heterocycles. The van der Waals surface area contributed by atoms with Crippen molar-refractivity contribution in [3.63, 3.8) is 0 Å². The highest BCUT2D eigenvalue weighted by molar-refractivity contribution is 6.33. The molecule has 19 heavy (non-hydrogen) atoms. The molecule has 2 rings (SSSR count). The molecule has 2 aromatic rings. The first-order chi connectivity index (χ1) is 9.10. The summed E-state index contributed by atoms with van der Waals surface area (Å²) >= 11 is 12.0. The third kappa shape index (κ3) is 3.55. The molecule has 0 heterocycles. The molecule has 0 radical (unpaired) electrons. The second-order valence-corrected chi connectivity index (χ2v) is 5.09. The fraction of sp³-hybridized carbons (Fsp3) is 0.200. The van der Waals surface area contributed by atoms with Gasteiger partial charge in [-0.2, -0.15) is 0 Å². The molecule has 0 unspecified atom stereocenters. The average Bonchev–Trinajstić information content (AvgIpc) is 2.40. The molecule has 0 atom stereocenters. The van der Waals surface area contributed by atoms with Crippen molar-refractivity contribution in [2.24, 2.45) is 0 Å². The molecule has 0 amide bonds. The van der Waals surface area contributed by atoms with E-state index in [0.717, 1.165) is 12.0 Å². The number of aryl methyl sites for hydroxylation is 1. The van der Waals surface area contributed by atoms with E-state index in [-0.39, 0.29) is 0 Å². The predicted molar refractivity (Wildman–Crippen MR) is 81.0 cm³/mol. The van der Waals surface area contributed by atoms with Crippen LogP contribution >= 0.6 is 23.2 Å². The molecule has 2 aromatic carbocycles. The molecule has 0 spiro atoms. The maximum atomic E-state index is 6.08. The van der Waals surface area contributed by atoms with E-state index in [2.05, 4.69) is 6.92 Å². The van der Waals surface area contributed by atoms with E-state index in [4.69, 9.17) is 33.7 Å². The number of rotatable bonds is 4. The fourth-order valence-electron chi connectivity index (χ4n) is 1.76. The van der Waals surface area contributed by atoms with E-state index < -0.39 is 0 Å². The van der Waals surface area contributed by atoms with Crippen molar-refractivity contribution in [3.8, 4) is 5.75 Å². The summed E-state index contributed by atoms with van der Waals surface area (Å²) in [6.07, 6.45) is 0.949. The molecule has 0 saturated carbocycles. The predicted octanol–water partition coefficient (Wildman–Crippen LogP) is 4.72. The summed E-state index contributed by atoms with van der Waals surface area (Å²) < 4.78 is 5.69. The van der Waals surface area contributed by atoms with Gasteiger partial charge >= 0.3 is 0 Å². The molecule has 0 aliphatic heterocycles. The van der Waals surface area contributed by atoms with Crippen molar-refractivity contribution < 1.29 is 4.74 Å². The first-order valence-electron chi connectivity index (χ1n) is 6.05. The Bertz CT molecular complexity index is 584. The van der Waals surface area contributed by atoms with Crippen LogP contribution in [-0.2, 0) is 13.0 Å². The van der Waals surface area contributed by atoms with Crippen LogP contribution in [0.2, 0.25) is 10.0 Å². The highest BCUT2D eigenvalue weighted by Crippen LogP contribution is 2.26. The SMILES string of the molecule is CCc1ccc(OCc2cc(Cl)ccc2Cl)c(N)c1. The molecular formula is C15H15Cl2NO. The quantitative estimate of drug-likeness (QED) is 0.829. The second kappa shape index (κ2) is 6.18.